The van der Waals surface area contributed by atoms with E-state index in [1.807, 2.05) is 24.3 Å². The second-order valence-electron chi connectivity index (χ2n) is 4.45. The topological polar surface area (TPSA) is 50.7 Å². The maximum absolute atomic E-state index is 12.0. The van der Waals surface area contributed by atoms with E-state index in [1.54, 1.807) is 24.3 Å². The van der Waals surface area contributed by atoms with Gasteiger partial charge < -0.3 is 10.1 Å². The summed E-state index contributed by atoms with van der Waals surface area (Å²) in [4.78, 5) is 16.4. The van der Waals surface area contributed by atoms with Crippen LogP contribution in [0.4, 0.5) is 11.4 Å². The molecule has 4 nitrogen and oxygen atoms in total. The molecule has 0 aromatic heterocycles. The van der Waals surface area contributed by atoms with Crippen LogP contribution in [0.5, 0.6) is 5.75 Å². The van der Waals surface area contributed by atoms with Crippen molar-refractivity contribution in [3.63, 3.8) is 0 Å². The number of hydrogen-bond acceptors (Lipinski definition) is 3. The highest BCUT2D eigenvalue weighted by Gasteiger charge is 2.25. The van der Waals surface area contributed by atoms with Crippen LogP contribution in [0.2, 0.25) is 0 Å². The highest BCUT2D eigenvalue weighted by molar-refractivity contribution is 6.54. The molecule has 0 saturated heterocycles. The van der Waals surface area contributed by atoms with Gasteiger partial charge in [-0.2, -0.15) is 0 Å². The van der Waals surface area contributed by atoms with Gasteiger partial charge in [0.25, 0.3) is 5.91 Å². The Bertz CT molecular complexity index is 755. The molecule has 0 aliphatic carbocycles. The van der Waals surface area contributed by atoms with Gasteiger partial charge in [0.05, 0.1) is 11.4 Å². The number of ether oxygens (including phenoxy) is 1. The Balaban J connectivity index is 1.88. The lowest BCUT2D eigenvalue weighted by Crippen LogP contribution is -2.13. The molecule has 0 unspecified atom stereocenters. The number of benzene rings is 2. The summed E-state index contributed by atoms with van der Waals surface area (Å²) in [6.45, 7) is 0.226. The second-order valence-corrected chi connectivity index (χ2v) is 4.45. The molecule has 0 radical (unpaired) electrons. The van der Waals surface area contributed by atoms with E-state index in [9.17, 15) is 4.79 Å². The van der Waals surface area contributed by atoms with E-state index in [2.05, 4.69) is 16.2 Å². The van der Waals surface area contributed by atoms with Gasteiger partial charge in [0, 0.05) is 5.56 Å². The fourth-order valence-corrected chi connectivity index (χ4v) is 2.08. The van der Waals surface area contributed by atoms with Crippen LogP contribution in [0, 0.1) is 12.3 Å². The first kappa shape index (κ1) is 12.9. The molecule has 1 heterocycles. The number of nitrogens with zero attached hydrogens (tertiary/aromatic N) is 1. The first-order valence-corrected chi connectivity index (χ1v) is 6.44. The van der Waals surface area contributed by atoms with E-state index >= 15 is 0 Å². The second kappa shape index (κ2) is 5.51. The molecule has 0 atom stereocenters. The monoisotopic (exact) mass is 276 g/mol. The van der Waals surface area contributed by atoms with Crippen LogP contribution in [0.25, 0.3) is 0 Å². The van der Waals surface area contributed by atoms with Gasteiger partial charge in [-0.05, 0) is 30.3 Å². The number of hydrogen-bond donors (Lipinski definition) is 1. The van der Waals surface area contributed by atoms with Crippen LogP contribution in [-0.2, 0) is 4.79 Å². The molecule has 1 aliphatic heterocycles. The molecular formula is C17H12N2O2. The van der Waals surface area contributed by atoms with E-state index in [-0.39, 0.29) is 12.5 Å². The van der Waals surface area contributed by atoms with E-state index in [1.165, 1.54) is 0 Å². The van der Waals surface area contributed by atoms with Gasteiger partial charge in [0.2, 0.25) is 0 Å². The Hall–Kier alpha value is -3.06. The van der Waals surface area contributed by atoms with Crippen molar-refractivity contribution in [3.05, 3.63) is 54.1 Å². The van der Waals surface area contributed by atoms with Gasteiger partial charge in [-0.25, -0.2) is 4.99 Å². The number of aliphatic imine (C=N–C) groups is 1. The third-order valence-corrected chi connectivity index (χ3v) is 3.05. The first-order valence-electron chi connectivity index (χ1n) is 6.44. The average Bonchev–Trinajstić information content (AvgIpc) is 2.83. The van der Waals surface area contributed by atoms with Crippen molar-refractivity contribution in [2.45, 2.75) is 0 Å². The molecular weight excluding hydrogens is 264 g/mol. The number of rotatable bonds is 3. The molecule has 21 heavy (non-hydrogen) atoms. The van der Waals surface area contributed by atoms with Crippen molar-refractivity contribution in [3.8, 4) is 18.1 Å². The van der Waals surface area contributed by atoms with Gasteiger partial charge in [-0.3, -0.25) is 4.79 Å². The molecule has 2 aromatic carbocycles. The molecule has 102 valence electrons. The van der Waals surface area contributed by atoms with Gasteiger partial charge in [-0.15, -0.1) is 6.42 Å². The first-order chi connectivity index (χ1) is 10.3. The Morgan fingerprint density at radius 1 is 1.14 bits per heavy atom. The van der Waals surface area contributed by atoms with Crippen LogP contribution in [-0.4, -0.2) is 18.2 Å². The molecule has 1 amide bonds. The van der Waals surface area contributed by atoms with Crippen molar-refractivity contribution in [2.75, 3.05) is 11.9 Å². The van der Waals surface area contributed by atoms with Crippen molar-refractivity contribution in [1.29, 1.82) is 0 Å². The molecule has 0 fully saturated rings. The van der Waals surface area contributed by atoms with Crippen molar-refractivity contribution in [1.82, 2.24) is 0 Å². The summed E-state index contributed by atoms with van der Waals surface area (Å²) in [6.07, 6.45) is 5.13. The normalized spacial score (nSPS) is 14.4. The SMILES string of the molecule is C#CCOc1ccc(N=C2C(=O)Nc3ccccc32)cc1. The van der Waals surface area contributed by atoms with Crippen LogP contribution in [0.15, 0.2) is 53.5 Å². The van der Waals surface area contributed by atoms with Crippen LogP contribution in [0.1, 0.15) is 5.56 Å². The number of nitrogens with one attached hydrogen (secondary N) is 1. The zero-order chi connectivity index (χ0) is 14.7. The number of carbonyl (C=O) groups excluding carboxylic acids is 1. The minimum Gasteiger partial charge on any atom is -0.481 e. The Morgan fingerprint density at radius 2 is 1.90 bits per heavy atom. The molecule has 3 rings (SSSR count). The lowest BCUT2D eigenvalue weighted by atomic mass is 10.1. The molecule has 2 aromatic rings. The average molecular weight is 276 g/mol. The molecule has 0 saturated carbocycles. The highest BCUT2D eigenvalue weighted by atomic mass is 16.5. The van der Waals surface area contributed by atoms with E-state index < -0.39 is 0 Å². The standard InChI is InChI=1S/C17H12N2O2/c1-2-11-21-13-9-7-12(8-10-13)18-16-14-5-3-4-6-15(14)19-17(16)20/h1,3-10H,11H2,(H,18,19,20). The Labute approximate surface area is 122 Å². The summed E-state index contributed by atoms with van der Waals surface area (Å²) in [5, 5.41) is 2.79. The number of terminal acetylenes is 1. The maximum Gasteiger partial charge on any atom is 0.275 e. The van der Waals surface area contributed by atoms with Gasteiger partial charge in [0.1, 0.15) is 18.1 Å². The predicted molar refractivity (Wildman–Crippen MR) is 82.0 cm³/mol. The van der Waals surface area contributed by atoms with Gasteiger partial charge >= 0.3 is 0 Å². The quantitative estimate of drug-likeness (QED) is 0.876. The van der Waals surface area contributed by atoms with E-state index in [0.717, 1.165) is 11.3 Å². The number of fused-ring (bicyclic) bond motifs is 1. The highest BCUT2D eigenvalue weighted by Crippen LogP contribution is 2.26. The number of para-hydroxylation sites is 1. The third-order valence-electron chi connectivity index (χ3n) is 3.05. The number of amides is 1. The summed E-state index contributed by atoms with van der Waals surface area (Å²) < 4.78 is 5.29. The summed E-state index contributed by atoms with van der Waals surface area (Å²) in [6, 6.07) is 14.6. The molecule has 1 aliphatic rings. The van der Waals surface area contributed by atoms with E-state index in [4.69, 9.17) is 11.2 Å². The fourth-order valence-electron chi connectivity index (χ4n) is 2.08. The summed E-state index contributed by atoms with van der Waals surface area (Å²) >= 11 is 0. The summed E-state index contributed by atoms with van der Waals surface area (Å²) in [5.74, 6) is 2.89. The summed E-state index contributed by atoms with van der Waals surface area (Å²) in [5.41, 5.74) is 2.71. The lowest BCUT2D eigenvalue weighted by Gasteiger charge is -2.02. The smallest absolute Gasteiger partial charge is 0.275 e. The van der Waals surface area contributed by atoms with Crippen molar-refractivity contribution in [2.24, 2.45) is 4.99 Å². The van der Waals surface area contributed by atoms with Crippen LogP contribution < -0.4 is 10.1 Å². The molecule has 4 heteroatoms. The Morgan fingerprint density at radius 3 is 2.67 bits per heavy atom. The van der Waals surface area contributed by atoms with E-state index in [0.29, 0.717) is 17.1 Å². The van der Waals surface area contributed by atoms with Gasteiger partial charge in [0.15, 0.2) is 0 Å². The van der Waals surface area contributed by atoms with Crippen molar-refractivity contribution < 1.29 is 9.53 Å². The van der Waals surface area contributed by atoms with Crippen LogP contribution >= 0.6 is 0 Å². The predicted octanol–water partition coefficient (Wildman–Crippen LogP) is 2.77. The zero-order valence-corrected chi connectivity index (χ0v) is 11.2. The number of carbonyl (C=O) groups is 1. The maximum atomic E-state index is 12.0. The number of anilines is 1. The molecule has 0 spiro atoms. The molecule has 0 bridgehead atoms. The van der Waals surface area contributed by atoms with Crippen LogP contribution in [0.3, 0.4) is 0 Å². The molecule has 1 N–H and O–H groups in total. The zero-order valence-electron chi connectivity index (χ0n) is 11.2. The minimum absolute atomic E-state index is 0.191. The summed E-state index contributed by atoms with van der Waals surface area (Å²) in [7, 11) is 0. The fraction of sp³-hybridized carbons (Fsp3) is 0.0588. The van der Waals surface area contributed by atoms with Crippen molar-refractivity contribution >= 4 is 23.0 Å². The van der Waals surface area contributed by atoms with Gasteiger partial charge in [-0.1, -0.05) is 24.1 Å². The largest absolute Gasteiger partial charge is 0.481 e. The third kappa shape index (κ3) is 2.63. The Kier molecular flexibility index (Phi) is 3.40. The minimum atomic E-state index is -0.191. The lowest BCUT2D eigenvalue weighted by molar-refractivity contribution is -0.110.